The second-order valence-corrected chi connectivity index (χ2v) is 4.18. The average molecular weight is 351 g/mol. The molecular weight excluding hydrogens is 327 g/mol. The van der Waals surface area contributed by atoms with Gasteiger partial charge in [-0.15, -0.1) is 9.05 Å². The van der Waals surface area contributed by atoms with Crippen molar-refractivity contribution in [3.05, 3.63) is 0 Å². The molecule has 118 valence electrons. The summed E-state index contributed by atoms with van der Waals surface area (Å²) < 4.78 is 26.7. The molecular formula is C6H24N6NiO3S2. The van der Waals surface area contributed by atoms with Gasteiger partial charge in [0.05, 0.1) is 0 Å². The Morgan fingerprint density at radius 1 is 0.722 bits per heavy atom. The molecule has 0 aromatic heterocycles. The minimum absolute atomic E-state index is 0. The Labute approximate surface area is 124 Å². The van der Waals surface area contributed by atoms with Gasteiger partial charge in [-0.2, -0.15) is 0 Å². The molecule has 0 heterocycles. The van der Waals surface area contributed by atoms with Crippen LogP contribution in [0.2, 0.25) is 0 Å². The summed E-state index contributed by atoms with van der Waals surface area (Å²) in [6.45, 7) is 3.58. The molecule has 0 saturated heterocycles. The van der Waals surface area contributed by atoms with Crippen LogP contribution in [-0.4, -0.2) is 52.6 Å². The van der Waals surface area contributed by atoms with E-state index in [0.717, 1.165) is 0 Å². The zero-order chi connectivity index (χ0) is 14.7. The molecule has 0 radical (unpaired) electrons. The molecule has 0 rings (SSSR count). The number of hydrogen-bond donors (Lipinski definition) is 6. The molecule has 0 fully saturated rings. The summed E-state index contributed by atoms with van der Waals surface area (Å²) in [6, 6.07) is 0. The van der Waals surface area contributed by atoms with Gasteiger partial charge in [0.25, 0.3) is 0 Å². The maximum Gasteiger partial charge on any atom is 2.00 e. The van der Waals surface area contributed by atoms with Crippen LogP contribution in [0.5, 0.6) is 0 Å². The molecule has 0 aliphatic carbocycles. The van der Waals surface area contributed by atoms with Gasteiger partial charge in [-0.25, -0.2) is 0 Å². The predicted octanol–water partition coefficient (Wildman–Crippen LogP) is -4.30. The maximum absolute atomic E-state index is 8.89. The van der Waals surface area contributed by atoms with Gasteiger partial charge in [0, 0.05) is 39.3 Å². The van der Waals surface area contributed by atoms with Gasteiger partial charge >= 0.3 is 16.5 Å². The summed E-state index contributed by atoms with van der Waals surface area (Å²) in [5.41, 5.74) is 29.4. The first kappa shape index (κ1) is 31.1. The van der Waals surface area contributed by atoms with Crippen LogP contribution < -0.4 is 34.4 Å². The molecule has 0 aliphatic rings. The van der Waals surface area contributed by atoms with E-state index >= 15 is 0 Å². The summed E-state index contributed by atoms with van der Waals surface area (Å²) in [5.74, 6) is 0. The Morgan fingerprint density at radius 2 is 0.778 bits per heavy atom. The zero-order valence-corrected chi connectivity index (χ0v) is 12.7. The van der Waals surface area contributed by atoms with Crippen LogP contribution >= 0.6 is 0 Å². The van der Waals surface area contributed by atoms with Crippen molar-refractivity contribution in [1.29, 1.82) is 0 Å². The van der Waals surface area contributed by atoms with E-state index in [1.54, 1.807) is 0 Å². The van der Waals surface area contributed by atoms with E-state index in [9.17, 15) is 0 Å². The molecule has 0 atom stereocenters. The largest absolute Gasteiger partial charge is 2.00 e. The van der Waals surface area contributed by atoms with Gasteiger partial charge in [-0.3, -0.25) is 4.21 Å². The fourth-order valence-corrected chi connectivity index (χ4v) is 0. The van der Waals surface area contributed by atoms with Gasteiger partial charge in [0.1, 0.15) is 0 Å². The summed E-state index contributed by atoms with van der Waals surface area (Å²) in [6.07, 6.45) is 0. The van der Waals surface area contributed by atoms with Crippen molar-refractivity contribution in [1.82, 2.24) is 0 Å². The van der Waals surface area contributed by atoms with Crippen molar-refractivity contribution in [2.75, 3.05) is 39.3 Å². The fraction of sp³-hybridized carbons (Fsp3) is 1.00. The Balaban J connectivity index is -0.0000000412. The van der Waals surface area contributed by atoms with Crippen LogP contribution in [0, 0.1) is 0 Å². The summed E-state index contributed by atoms with van der Waals surface area (Å²) in [4.78, 5) is 0. The Hall–Kier alpha value is 0.544. The molecule has 0 aromatic carbocycles. The zero-order valence-electron chi connectivity index (χ0n) is 10.1. The van der Waals surface area contributed by atoms with Crippen LogP contribution in [-0.2, 0) is 36.7 Å². The fourth-order valence-electron chi connectivity index (χ4n) is 0. The molecule has 9 nitrogen and oxygen atoms in total. The van der Waals surface area contributed by atoms with Crippen LogP contribution in [0.25, 0.3) is 0 Å². The molecule has 0 aromatic rings. The molecule has 0 bridgehead atoms. The topological polar surface area (TPSA) is 219 Å². The van der Waals surface area contributed by atoms with Crippen molar-refractivity contribution in [2.24, 2.45) is 34.4 Å². The van der Waals surface area contributed by atoms with E-state index in [-0.39, 0.29) is 16.5 Å². The van der Waals surface area contributed by atoms with Crippen molar-refractivity contribution in [3.63, 3.8) is 0 Å². The second kappa shape index (κ2) is 30.5. The first-order chi connectivity index (χ1) is 7.74. The van der Waals surface area contributed by atoms with Crippen LogP contribution in [0.1, 0.15) is 0 Å². The van der Waals surface area contributed by atoms with Crippen LogP contribution in [0.15, 0.2) is 0 Å². The molecule has 0 saturated carbocycles. The van der Waals surface area contributed by atoms with Crippen molar-refractivity contribution in [2.45, 2.75) is 0 Å². The summed E-state index contributed by atoms with van der Waals surface area (Å²) >= 11 is 3.24. The normalized spacial score (nSPS) is 8.22. The third kappa shape index (κ3) is 318. The van der Waals surface area contributed by atoms with E-state index in [1.807, 2.05) is 0 Å². The minimum atomic E-state index is -4.33. The minimum Gasteiger partial charge on any atom is -0.780 e. The van der Waals surface area contributed by atoms with E-state index in [0.29, 0.717) is 39.3 Å². The molecule has 12 N–H and O–H groups in total. The molecule has 0 aliphatic heterocycles. The van der Waals surface area contributed by atoms with E-state index in [4.69, 9.17) is 47.7 Å². The SMILES string of the molecule is NCCN.NCCN.NCCN.O=S([O-])([O-])=S.[Ni+2]. The number of rotatable bonds is 3. The molecule has 0 unspecified atom stereocenters. The van der Waals surface area contributed by atoms with E-state index in [2.05, 4.69) is 11.2 Å². The average Bonchev–Trinajstić information content (AvgIpc) is 2.27. The standard InChI is InChI=1S/3C2H8N2.Ni.H2O3S2/c3*3-1-2-4;;1-5(2,3)4/h3*1-4H2;;(H2,1,2,3,4)/q;;;+2;/p-2. The maximum atomic E-state index is 8.89. The monoisotopic (exact) mass is 350 g/mol. The Morgan fingerprint density at radius 3 is 0.778 bits per heavy atom. The number of hydrogen-bond acceptors (Lipinski definition) is 10. The van der Waals surface area contributed by atoms with Crippen molar-refractivity contribution < 1.29 is 29.8 Å². The molecule has 12 heteroatoms. The van der Waals surface area contributed by atoms with E-state index < -0.39 is 9.05 Å². The van der Waals surface area contributed by atoms with E-state index in [1.165, 1.54) is 0 Å². The number of nitrogens with two attached hydrogens (primary N) is 6. The van der Waals surface area contributed by atoms with Gasteiger partial charge in [0.2, 0.25) is 0 Å². The molecule has 0 amide bonds. The first-order valence-corrected chi connectivity index (χ1v) is 6.95. The quantitative estimate of drug-likeness (QED) is 0.268. The van der Waals surface area contributed by atoms with Gasteiger partial charge < -0.3 is 43.5 Å². The van der Waals surface area contributed by atoms with Gasteiger partial charge in [-0.05, 0) is 11.2 Å². The predicted molar refractivity (Wildman–Crippen MR) is 71.4 cm³/mol. The summed E-state index contributed by atoms with van der Waals surface area (Å²) in [5, 5.41) is 0. The molecule has 18 heavy (non-hydrogen) atoms. The molecule has 0 spiro atoms. The van der Waals surface area contributed by atoms with Crippen molar-refractivity contribution in [3.8, 4) is 0 Å². The Bertz CT molecular complexity index is 172. The smallest absolute Gasteiger partial charge is 0.780 e. The van der Waals surface area contributed by atoms with Gasteiger partial charge in [-0.1, -0.05) is 0 Å². The van der Waals surface area contributed by atoms with Crippen LogP contribution in [0.4, 0.5) is 0 Å². The van der Waals surface area contributed by atoms with Crippen LogP contribution in [0.3, 0.4) is 0 Å². The summed E-state index contributed by atoms with van der Waals surface area (Å²) in [7, 11) is -4.33. The third-order valence-corrected chi connectivity index (χ3v) is 0.500. The Kier molecular flexibility index (Phi) is 52.8. The first-order valence-electron chi connectivity index (χ1n) is 4.62. The third-order valence-electron chi connectivity index (χ3n) is 0.500. The second-order valence-electron chi connectivity index (χ2n) is 2.14. The van der Waals surface area contributed by atoms with Crippen molar-refractivity contribution >= 4 is 20.2 Å². The van der Waals surface area contributed by atoms with Gasteiger partial charge in [0.15, 0.2) is 0 Å².